The Morgan fingerprint density at radius 3 is 2.78 bits per heavy atom. The molecule has 0 amide bonds. The highest BCUT2D eigenvalue weighted by Gasteiger charge is 2.26. The largest absolute Gasteiger partial charge is 0.476 e. The van der Waals surface area contributed by atoms with Crippen molar-refractivity contribution < 1.29 is 9.90 Å². The van der Waals surface area contributed by atoms with Crippen LogP contribution >= 0.6 is 0 Å². The average molecular weight is 314 g/mol. The molecule has 0 bridgehead atoms. The van der Waals surface area contributed by atoms with Gasteiger partial charge in [-0.1, -0.05) is 17.3 Å². The van der Waals surface area contributed by atoms with Gasteiger partial charge >= 0.3 is 5.97 Å². The second-order valence-corrected chi connectivity index (χ2v) is 6.36. The first-order valence-corrected chi connectivity index (χ1v) is 7.89. The minimum absolute atomic E-state index is 0.00783. The lowest BCUT2D eigenvalue weighted by molar-refractivity contribution is 0.0690. The van der Waals surface area contributed by atoms with Crippen molar-refractivity contribution in [3.05, 3.63) is 46.3 Å². The maximum absolute atomic E-state index is 10.9. The molecule has 6 nitrogen and oxygen atoms in total. The molecule has 2 aromatic rings. The molecule has 0 saturated carbocycles. The first-order chi connectivity index (χ1) is 11.0. The van der Waals surface area contributed by atoms with Crippen molar-refractivity contribution in [3.8, 4) is 0 Å². The lowest BCUT2D eigenvalue weighted by Crippen LogP contribution is -2.22. The van der Waals surface area contributed by atoms with E-state index in [0.717, 1.165) is 26.1 Å². The Morgan fingerprint density at radius 1 is 1.30 bits per heavy atom. The zero-order chi connectivity index (χ0) is 16.6. The Balaban J connectivity index is 1.68. The quantitative estimate of drug-likeness (QED) is 0.938. The predicted octanol–water partition coefficient (Wildman–Crippen LogP) is 2.35. The van der Waals surface area contributed by atoms with Gasteiger partial charge in [-0.15, -0.1) is 5.10 Å². The molecule has 0 aliphatic carbocycles. The van der Waals surface area contributed by atoms with Crippen molar-refractivity contribution in [2.75, 3.05) is 13.1 Å². The Hall–Kier alpha value is -2.21. The molecule has 0 spiro atoms. The third-order valence-corrected chi connectivity index (χ3v) is 4.92. The first-order valence-electron chi connectivity index (χ1n) is 7.89. The Bertz CT molecular complexity index is 738. The fourth-order valence-electron chi connectivity index (χ4n) is 3.15. The minimum atomic E-state index is -1.03. The van der Waals surface area contributed by atoms with E-state index in [1.54, 1.807) is 4.68 Å². The van der Waals surface area contributed by atoms with Gasteiger partial charge in [0.15, 0.2) is 5.69 Å². The number of carbonyl (C=O) groups is 1. The lowest BCUT2D eigenvalue weighted by atomic mass is 9.98. The standard InChI is InChI=1S/C17H22N4O2/c1-11-4-5-14(13(3)12(11)2)8-20-7-6-15(9-20)21-10-16(17(22)23)18-19-21/h4-5,10,15H,6-9H2,1-3H3,(H,22,23). The molecule has 3 rings (SSSR count). The van der Waals surface area contributed by atoms with Crippen LogP contribution in [0.2, 0.25) is 0 Å². The third kappa shape index (κ3) is 3.12. The molecule has 1 atom stereocenters. The van der Waals surface area contributed by atoms with E-state index >= 15 is 0 Å². The van der Waals surface area contributed by atoms with Crippen LogP contribution in [0.1, 0.15) is 45.2 Å². The molecule has 1 aliphatic rings. The molecule has 2 heterocycles. The van der Waals surface area contributed by atoms with E-state index in [1.165, 1.54) is 28.5 Å². The molecule has 0 radical (unpaired) electrons. The lowest BCUT2D eigenvalue weighted by Gasteiger charge is -2.19. The number of nitrogens with zero attached hydrogens (tertiary/aromatic N) is 4. The number of carboxylic acids is 1. The average Bonchev–Trinajstić information content (AvgIpc) is 3.16. The summed E-state index contributed by atoms with van der Waals surface area (Å²) in [5, 5.41) is 16.6. The fourth-order valence-corrected chi connectivity index (χ4v) is 3.15. The van der Waals surface area contributed by atoms with Crippen LogP contribution in [-0.2, 0) is 6.54 Å². The van der Waals surface area contributed by atoms with Gasteiger partial charge in [0.25, 0.3) is 0 Å². The summed E-state index contributed by atoms with van der Waals surface area (Å²) >= 11 is 0. The number of benzene rings is 1. The third-order valence-electron chi connectivity index (χ3n) is 4.92. The van der Waals surface area contributed by atoms with Gasteiger partial charge in [-0.25, -0.2) is 9.48 Å². The highest BCUT2D eigenvalue weighted by Crippen LogP contribution is 2.25. The van der Waals surface area contributed by atoms with Crippen molar-refractivity contribution in [3.63, 3.8) is 0 Å². The van der Waals surface area contributed by atoms with E-state index < -0.39 is 5.97 Å². The minimum Gasteiger partial charge on any atom is -0.476 e. The molecule has 1 unspecified atom stereocenters. The molecule has 1 N–H and O–H groups in total. The molecular weight excluding hydrogens is 292 g/mol. The highest BCUT2D eigenvalue weighted by molar-refractivity contribution is 5.84. The van der Waals surface area contributed by atoms with Gasteiger partial charge in [0.2, 0.25) is 0 Å². The van der Waals surface area contributed by atoms with E-state index in [9.17, 15) is 4.79 Å². The van der Waals surface area contributed by atoms with Crippen LogP contribution in [0.15, 0.2) is 18.3 Å². The molecule has 6 heteroatoms. The van der Waals surface area contributed by atoms with Gasteiger partial charge in [-0.3, -0.25) is 4.90 Å². The van der Waals surface area contributed by atoms with Crippen LogP contribution in [-0.4, -0.2) is 44.1 Å². The van der Waals surface area contributed by atoms with Crippen molar-refractivity contribution in [2.45, 2.75) is 39.8 Å². The van der Waals surface area contributed by atoms with E-state index in [2.05, 4.69) is 48.1 Å². The molecule has 1 aromatic carbocycles. The highest BCUT2D eigenvalue weighted by atomic mass is 16.4. The van der Waals surface area contributed by atoms with Crippen molar-refractivity contribution >= 4 is 5.97 Å². The Morgan fingerprint density at radius 2 is 2.09 bits per heavy atom. The molecule has 1 fully saturated rings. The molecule has 23 heavy (non-hydrogen) atoms. The summed E-state index contributed by atoms with van der Waals surface area (Å²) in [6.07, 6.45) is 2.49. The summed E-state index contributed by atoms with van der Waals surface area (Å²) in [5.41, 5.74) is 5.42. The first kappa shape index (κ1) is 15.7. The van der Waals surface area contributed by atoms with Crippen LogP contribution in [0, 0.1) is 20.8 Å². The molecule has 122 valence electrons. The molecular formula is C17H22N4O2. The second kappa shape index (κ2) is 6.12. The smallest absolute Gasteiger partial charge is 0.358 e. The van der Waals surface area contributed by atoms with E-state index in [0.29, 0.717) is 0 Å². The van der Waals surface area contributed by atoms with Gasteiger partial charge in [0.1, 0.15) is 0 Å². The number of rotatable bonds is 4. The number of likely N-dealkylation sites (tertiary alicyclic amines) is 1. The topological polar surface area (TPSA) is 71.2 Å². The van der Waals surface area contributed by atoms with Gasteiger partial charge < -0.3 is 5.11 Å². The summed E-state index contributed by atoms with van der Waals surface area (Å²) in [4.78, 5) is 13.3. The Labute approximate surface area is 135 Å². The number of aryl methyl sites for hydroxylation is 1. The number of aromatic carboxylic acids is 1. The van der Waals surface area contributed by atoms with Crippen LogP contribution in [0.25, 0.3) is 0 Å². The van der Waals surface area contributed by atoms with Crippen molar-refractivity contribution in [1.82, 2.24) is 19.9 Å². The van der Waals surface area contributed by atoms with E-state index in [4.69, 9.17) is 5.11 Å². The normalized spacial score (nSPS) is 18.5. The zero-order valence-corrected chi connectivity index (χ0v) is 13.8. The van der Waals surface area contributed by atoms with E-state index in [1.807, 2.05) is 0 Å². The van der Waals surface area contributed by atoms with Crippen molar-refractivity contribution in [2.24, 2.45) is 0 Å². The monoisotopic (exact) mass is 314 g/mol. The number of aromatic nitrogens is 3. The summed E-state index contributed by atoms with van der Waals surface area (Å²) < 4.78 is 1.69. The summed E-state index contributed by atoms with van der Waals surface area (Å²) in [6, 6.07) is 4.59. The number of hydrogen-bond acceptors (Lipinski definition) is 4. The molecule has 1 aliphatic heterocycles. The van der Waals surface area contributed by atoms with Crippen LogP contribution in [0.5, 0.6) is 0 Å². The number of hydrogen-bond donors (Lipinski definition) is 1. The summed E-state index contributed by atoms with van der Waals surface area (Å²) in [5.74, 6) is -1.03. The fraction of sp³-hybridized carbons (Fsp3) is 0.471. The number of carboxylic acid groups (broad SMARTS) is 1. The zero-order valence-electron chi connectivity index (χ0n) is 13.8. The molecule has 1 saturated heterocycles. The summed E-state index contributed by atoms with van der Waals surface area (Å²) in [6.45, 7) is 9.27. The van der Waals surface area contributed by atoms with Crippen LogP contribution in [0.4, 0.5) is 0 Å². The van der Waals surface area contributed by atoms with E-state index in [-0.39, 0.29) is 11.7 Å². The van der Waals surface area contributed by atoms with Crippen molar-refractivity contribution in [1.29, 1.82) is 0 Å². The van der Waals surface area contributed by atoms with Gasteiger partial charge in [-0.05, 0) is 49.4 Å². The van der Waals surface area contributed by atoms with Gasteiger partial charge in [-0.2, -0.15) is 0 Å². The predicted molar refractivity (Wildman–Crippen MR) is 86.6 cm³/mol. The SMILES string of the molecule is Cc1ccc(CN2CCC(n3cc(C(=O)O)nn3)C2)c(C)c1C. The maximum atomic E-state index is 10.9. The maximum Gasteiger partial charge on any atom is 0.358 e. The second-order valence-electron chi connectivity index (χ2n) is 6.36. The van der Waals surface area contributed by atoms with Crippen LogP contribution in [0.3, 0.4) is 0 Å². The summed E-state index contributed by atoms with van der Waals surface area (Å²) in [7, 11) is 0. The molecule has 1 aromatic heterocycles. The van der Waals surface area contributed by atoms with Gasteiger partial charge in [0.05, 0.1) is 12.2 Å². The van der Waals surface area contributed by atoms with Gasteiger partial charge in [0, 0.05) is 19.6 Å². The van der Waals surface area contributed by atoms with Crippen LogP contribution < -0.4 is 0 Å². The Kier molecular flexibility index (Phi) is 4.17.